The van der Waals surface area contributed by atoms with E-state index in [0.29, 0.717) is 11.5 Å². The molecule has 0 bridgehead atoms. The van der Waals surface area contributed by atoms with E-state index in [1.807, 2.05) is 6.07 Å². The summed E-state index contributed by atoms with van der Waals surface area (Å²) >= 11 is 0. The van der Waals surface area contributed by atoms with Crippen molar-refractivity contribution in [2.24, 2.45) is 0 Å². The Hall–Kier alpha value is -2.17. The van der Waals surface area contributed by atoms with Crippen LogP contribution in [0.3, 0.4) is 0 Å². The number of nitrogens with zero attached hydrogens (tertiary/aromatic N) is 3. The monoisotopic (exact) mass is 186 g/mol. The van der Waals surface area contributed by atoms with E-state index in [-0.39, 0.29) is 0 Å². The minimum atomic E-state index is 0.571. The van der Waals surface area contributed by atoms with Gasteiger partial charge in [-0.15, -0.1) is 0 Å². The minimum Gasteiger partial charge on any atom is -0.444 e. The molecule has 1 N–H and O–H groups in total. The van der Waals surface area contributed by atoms with Crippen LogP contribution < -0.4 is 0 Å². The molecule has 0 saturated heterocycles. The number of imidazole rings is 1. The third-order valence-corrected chi connectivity index (χ3v) is 1.99. The molecule has 14 heavy (non-hydrogen) atoms. The van der Waals surface area contributed by atoms with E-state index < -0.39 is 0 Å². The first-order valence-corrected chi connectivity index (χ1v) is 4.13. The van der Waals surface area contributed by atoms with Gasteiger partial charge >= 0.3 is 0 Å². The Labute approximate surface area is 78.8 Å². The summed E-state index contributed by atoms with van der Waals surface area (Å²) in [5.74, 6) is 0.571. The quantitative estimate of drug-likeness (QED) is 0.626. The molecule has 3 aromatic heterocycles. The van der Waals surface area contributed by atoms with E-state index in [9.17, 15) is 0 Å². The number of fused-ring (bicyclic) bond motifs is 1. The predicted octanol–water partition coefficient (Wildman–Crippen LogP) is 1.61. The van der Waals surface area contributed by atoms with Crippen LogP contribution in [0.15, 0.2) is 35.5 Å². The van der Waals surface area contributed by atoms with Gasteiger partial charge in [-0.1, -0.05) is 0 Å². The molecule has 3 rings (SSSR count). The Kier molecular flexibility index (Phi) is 1.38. The maximum Gasteiger partial charge on any atom is 0.228 e. The lowest BCUT2D eigenvalue weighted by Crippen LogP contribution is -1.82. The summed E-state index contributed by atoms with van der Waals surface area (Å²) in [7, 11) is 0. The topological polar surface area (TPSA) is 67.6 Å². The highest BCUT2D eigenvalue weighted by atomic mass is 16.3. The van der Waals surface area contributed by atoms with Gasteiger partial charge in [0.25, 0.3) is 0 Å². The molecular formula is C9H6N4O. The normalized spacial score (nSPS) is 10.9. The molecule has 0 atom stereocenters. The molecule has 0 spiro atoms. The summed E-state index contributed by atoms with van der Waals surface area (Å²) in [4.78, 5) is 15.2. The van der Waals surface area contributed by atoms with Crippen LogP contribution in [-0.4, -0.2) is 19.9 Å². The van der Waals surface area contributed by atoms with Crippen molar-refractivity contribution in [2.75, 3.05) is 0 Å². The first-order valence-electron chi connectivity index (χ1n) is 4.13. The van der Waals surface area contributed by atoms with Crippen LogP contribution in [-0.2, 0) is 0 Å². The first-order chi connectivity index (χ1) is 6.95. The second kappa shape index (κ2) is 2.66. The summed E-state index contributed by atoms with van der Waals surface area (Å²) in [6, 6.07) is 1.84. The van der Waals surface area contributed by atoms with Gasteiger partial charge in [-0.25, -0.2) is 15.0 Å². The highest BCUT2D eigenvalue weighted by Crippen LogP contribution is 2.22. The highest BCUT2D eigenvalue weighted by molar-refractivity contribution is 5.86. The van der Waals surface area contributed by atoms with Crippen LogP contribution in [0, 0.1) is 0 Å². The molecule has 0 aliphatic rings. The second-order valence-electron chi connectivity index (χ2n) is 2.80. The van der Waals surface area contributed by atoms with Gasteiger partial charge in [-0.3, -0.25) is 0 Å². The lowest BCUT2D eigenvalue weighted by Gasteiger charge is -1.95. The van der Waals surface area contributed by atoms with Gasteiger partial charge in [-0.05, 0) is 6.07 Å². The number of aromatic amines is 1. The van der Waals surface area contributed by atoms with Gasteiger partial charge in [0.05, 0.1) is 23.6 Å². The maximum absolute atomic E-state index is 5.21. The summed E-state index contributed by atoms with van der Waals surface area (Å²) in [6.07, 6.45) is 6.43. The molecular weight excluding hydrogens is 180 g/mol. The van der Waals surface area contributed by atoms with Crippen LogP contribution in [0.1, 0.15) is 0 Å². The van der Waals surface area contributed by atoms with Crippen LogP contribution >= 0.6 is 0 Å². The van der Waals surface area contributed by atoms with Crippen molar-refractivity contribution in [2.45, 2.75) is 0 Å². The molecule has 0 amide bonds. The fraction of sp³-hybridized carbons (Fsp3) is 0. The number of nitrogens with one attached hydrogen (secondary N) is 1. The van der Waals surface area contributed by atoms with Gasteiger partial charge in [0.1, 0.15) is 6.26 Å². The van der Waals surface area contributed by atoms with Crippen LogP contribution in [0.2, 0.25) is 0 Å². The molecule has 5 nitrogen and oxygen atoms in total. The van der Waals surface area contributed by atoms with Gasteiger partial charge in [0, 0.05) is 6.20 Å². The molecule has 0 fully saturated rings. The summed E-state index contributed by atoms with van der Waals surface area (Å²) in [5, 5.41) is 0. The minimum absolute atomic E-state index is 0.571. The van der Waals surface area contributed by atoms with Crippen molar-refractivity contribution < 1.29 is 4.42 Å². The molecule has 0 aliphatic heterocycles. The molecule has 68 valence electrons. The van der Waals surface area contributed by atoms with Crippen molar-refractivity contribution >= 4 is 11.2 Å². The van der Waals surface area contributed by atoms with Gasteiger partial charge in [0.2, 0.25) is 5.89 Å². The third-order valence-electron chi connectivity index (χ3n) is 1.99. The smallest absolute Gasteiger partial charge is 0.228 e. The molecule has 3 heterocycles. The highest BCUT2D eigenvalue weighted by Gasteiger charge is 2.09. The fourth-order valence-electron chi connectivity index (χ4n) is 1.38. The van der Waals surface area contributed by atoms with Crippen LogP contribution in [0.4, 0.5) is 0 Å². The third kappa shape index (κ3) is 0.922. The number of hydrogen-bond donors (Lipinski definition) is 1. The largest absolute Gasteiger partial charge is 0.444 e. The van der Waals surface area contributed by atoms with Crippen molar-refractivity contribution in [3.63, 3.8) is 0 Å². The molecule has 0 unspecified atom stereocenters. The standard InChI is InChI=1S/C9H6N4O/c1-2-10-8-7(12-5-13-8)6(1)9-11-3-4-14-9/h1-5H,(H,10,12,13). The Morgan fingerprint density at radius 3 is 3.00 bits per heavy atom. The molecule has 5 heteroatoms. The average molecular weight is 186 g/mol. The fourth-order valence-corrected chi connectivity index (χ4v) is 1.38. The van der Waals surface area contributed by atoms with E-state index in [1.165, 1.54) is 6.26 Å². The summed E-state index contributed by atoms with van der Waals surface area (Å²) in [6.45, 7) is 0. The lowest BCUT2D eigenvalue weighted by molar-refractivity contribution is 0.575. The number of rotatable bonds is 1. The molecule has 3 aromatic rings. The van der Waals surface area contributed by atoms with E-state index in [0.717, 1.165) is 11.1 Å². The van der Waals surface area contributed by atoms with Crippen molar-refractivity contribution in [3.8, 4) is 11.5 Å². The predicted molar refractivity (Wildman–Crippen MR) is 49.4 cm³/mol. The number of aromatic nitrogens is 4. The van der Waals surface area contributed by atoms with Gasteiger partial charge in [0.15, 0.2) is 5.65 Å². The molecule has 0 saturated carbocycles. The Balaban J connectivity index is 2.36. The summed E-state index contributed by atoms with van der Waals surface area (Å²) < 4.78 is 5.21. The van der Waals surface area contributed by atoms with Crippen molar-refractivity contribution in [1.29, 1.82) is 0 Å². The average Bonchev–Trinajstić information content (AvgIpc) is 2.88. The van der Waals surface area contributed by atoms with E-state index in [1.54, 1.807) is 18.7 Å². The van der Waals surface area contributed by atoms with E-state index in [2.05, 4.69) is 19.9 Å². The number of H-pyrrole nitrogens is 1. The molecule has 0 aliphatic carbocycles. The zero-order chi connectivity index (χ0) is 9.38. The Morgan fingerprint density at radius 1 is 1.14 bits per heavy atom. The van der Waals surface area contributed by atoms with Crippen molar-refractivity contribution in [1.82, 2.24) is 19.9 Å². The summed E-state index contributed by atoms with van der Waals surface area (Å²) in [5.41, 5.74) is 2.38. The van der Waals surface area contributed by atoms with Gasteiger partial charge in [-0.2, -0.15) is 0 Å². The number of hydrogen-bond acceptors (Lipinski definition) is 4. The zero-order valence-corrected chi connectivity index (χ0v) is 7.14. The van der Waals surface area contributed by atoms with Gasteiger partial charge < -0.3 is 9.40 Å². The number of pyridine rings is 1. The maximum atomic E-state index is 5.21. The van der Waals surface area contributed by atoms with Crippen LogP contribution in [0.25, 0.3) is 22.6 Å². The van der Waals surface area contributed by atoms with Crippen molar-refractivity contribution in [3.05, 3.63) is 31.1 Å². The lowest BCUT2D eigenvalue weighted by atomic mass is 10.2. The van der Waals surface area contributed by atoms with E-state index in [4.69, 9.17) is 4.42 Å². The van der Waals surface area contributed by atoms with Crippen LogP contribution in [0.5, 0.6) is 0 Å². The second-order valence-corrected chi connectivity index (χ2v) is 2.80. The molecule has 0 radical (unpaired) electrons. The zero-order valence-electron chi connectivity index (χ0n) is 7.14. The molecule has 0 aromatic carbocycles. The SMILES string of the molecule is c1coc(-c2ccnc3nc[nH]c23)n1. The Bertz CT molecular complexity index is 555. The first kappa shape index (κ1) is 7.25. The van der Waals surface area contributed by atoms with E-state index >= 15 is 0 Å². The Morgan fingerprint density at radius 2 is 2.14 bits per heavy atom. The number of oxazole rings is 1.